The lowest BCUT2D eigenvalue weighted by atomic mass is 9.86. The van der Waals surface area contributed by atoms with Crippen LogP contribution in [0.4, 0.5) is 4.39 Å². The minimum absolute atomic E-state index is 0.117. The first-order chi connectivity index (χ1) is 21.4. The van der Waals surface area contributed by atoms with Crippen LogP contribution in [0.2, 0.25) is 0 Å². The summed E-state index contributed by atoms with van der Waals surface area (Å²) in [5.41, 5.74) is 8.39. The quantitative estimate of drug-likeness (QED) is 0.159. The fraction of sp³-hybridized carbons (Fsp3) is 0.312. The van der Waals surface area contributed by atoms with E-state index in [0.29, 0.717) is 22.9 Å². The van der Waals surface area contributed by atoms with Gasteiger partial charge in [-0.1, -0.05) is 86.1 Å². The third-order valence-electron chi connectivity index (χ3n) is 7.32. The Bertz CT molecular complexity index is 1680. The largest absolute Gasteiger partial charge is 0.575 e. The predicted molar refractivity (Wildman–Crippen MR) is 177 cm³/mol. The third kappa shape index (κ3) is 8.10. The van der Waals surface area contributed by atoms with Crippen molar-refractivity contribution in [3.8, 4) is 22.5 Å². The lowest BCUT2D eigenvalue weighted by Gasteiger charge is -2.19. The molecule has 0 aliphatic heterocycles. The number of aromatic nitrogens is 4. The molecule has 0 radical (unpaired) electrons. The fourth-order valence-corrected chi connectivity index (χ4v) is 6.00. The number of aryl methyl sites for hydroxylation is 2. The molecule has 2 aliphatic rings. The number of rotatable bonds is 3. The second kappa shape index (κ2) is 16.2. The summed E-state index contributed by atoms with van der Waals surface area (Å²) in [4.78, 5) is 23.5. The van der Waals surface area contributed by atoms with Gasteiger partial charge in [0.15, 0.2) is 5.78 Å². The molecule has 2 heterocycles. The second-order valence-corrected chi connectivity index (χ2v) is 13.6. The van der Waals surface area contributed by atoms with Gasteiger partial charge in [0.2, 0.25) is 22.5 Å². The van der Waals surface area contributed by atoms with Crippen LogP contribution in [0.5, 0.6) is 0 Å². The molecule has 0 N–H and O–H groups in total. The predicted octanol–water partition coefficient (Wildman–Crippen LogP) is 8.99. The zero-order chi connectivity index (χ0) is 33.3. The van der Waals surface area contributed by atoms with E-state index in [-0.39, 0.29) is 11.7 Å². The van der Waals surface area contributed by atoms with E-state index in [2.05, 4.69) is 39.6 Å². The number of carbonyl (C=O) groups excluding carboxylic acids is 2. The Hall–Kier alpha value is -3.16. The van der Waals surface area contributed by atoms with Crippen LogP contribution in [0, 0.1) is 11.8 Å². The van der Waals surface area contributed by atoms with Gasteiger partial charge in [0.25, 0.3) is 0 Å². The molecule has 0 fully saturated rings. The molecule has 2 aliphatic carbocycles. The number of aldehydes is 1. The topological polar surface area (TPSA) is 86.8 Å². The second-order valence-electron chi connectivity index (χ2n) is 10.5. The van der Waals surface area contributed by atoms with E-state index in [1.165, 1.54) is 0 Å². The molecule has 0 spiro atoms. The smallest absolute Gasteiger partial charge is 0.298 e. The molecule has 2 aromatic carbocycles. The summed E-state index contributed by atoms with van der Waals surface area (Å²) in [7, 11) is 2.83. The molecule has 232 valence electrons. The minimum atomic E-state index is -1.93. The number of nitrogens with zero attached hydrogens (tertiary/aromatic N) is 4. The molecule has 2 atom stereocenters. The first kappa shape index (κ1) is 33.7. The van der Waals surface area contributed by atoms with Gasteiger partial charge < -0.3 is 0 Å². The number of hydrogen-bond donors (Lipinski definition) is 0. The van der Waals surface area contributed by atoms with Crippen molar-refractivity contribution < 1.29 is 19.9 Å². The van der Waals surface area contributed by atoms with Crippen LogP contribution in [-0.4, -0.2) is 38.8 Å². The van der Waals surface area contributed by atoms with Crippen molar-refractivity contribution in [2.45, 2.75) is 33.1 Å². The Balaban J connectivity index is 0.000000205. The van der Waals surface area contributed by atoms with E-state index in [1.54, 1.807) is 0 Å². The summed E-state index contributed by atoms with van der Waals surface area (Å²) in [6, 6.07) is 20.0. The number of alkyl halides is 1. The summed E-state index contributed by atoms with van der Waals surface area (Å²) in [5, 5.41) is 9.65. The highest BCUT2D eigenvalue weighted by atomic mass is 35.9. The number of fused-ring (bicyclic) bond motifs is 2. The zero-order valence-electron chi connectivity index (χ0n) is 25.8. The molecule has 0 bridgehead atoms. The third-order valence-corrected chi connectivity index (χ3v) is 7.73. The number of allylic oxidation sites excluding steroid dienone is 1. The van der Waals surface area contributed by atoms with Crippen molar-refractivity contribution in [2.24, 2.45) is 25.9 Å². The van der Waals surface area contributed by atoms with E-state index < -0.39 is 13.7 Å². The Morgan fingerprint density at radius 2 is 1.32 bits per heavy atom. The molecule has 0 saturated heterocycles. The standard InChI is InChI=1S/C16H15ClN2O.C15H16N2O.CH3F.Cl2OP/c1-10-8-13-14(15(17)12(10)9-20)16(19(2)18-13)11-6-4-3-5-7-11;1-10-8-12-14(13(18)9-10)15(17(2)16-12)11-6-4-3-5-7-11;1-2;1-4(2)3/h3-7,9-10H,8H2,1-2H3;3-7,10H,8-9H2,1-2H3;1H3;/q;;;+1/t2*10-;;/m11../s1/i;;1D;. The van der Waals surface area contributed by atoms with Crippen LogP contribution in [0.15, 0.2) is 66.2 Å². The molecule has 7 nitrogen and oxygen atoms in total. The summed E-state index contributed by atoms with van der Waals surface area (Å²) < 4.78 is 28.3. The lowest BCUT2D eigenvalue weighted by molar-refractivity contribution is -0.105. The van der Waals surface area contributed by atoms with Gasteiger partial charge in [-0.05, 0) is 29.2 Å². The Kier molecular flexibility index (Phi) is 12.4. The molecule has 6 rings (SSSR count). The Morgan fingerprint density at radius 1 is 0.886 bits per heavy atom. The van der Waals surface area contributed by atoms with Crippen molar-refractivity contribution in [1.82, 2.24) is 19.6 Å². The number of halogens is 4. The first-order valence-electron chi connectivity index (χ1n) is 14.4. The summed E-state index contributed by atoms with van der Waals surface area (Å²) >= 11 is 15.6. The van der Waals surface area contributed by atoms with E-state index in [1.807, 2.05) is 91.0 Å². The Labute approximate surface area is 273 Å². The number of hydrogen-bond acceptors (Lipinski definition) is 5. The molecule has 4 aromatic rings. The number of ketones is 1. The van der Waals surface area contributed by atoms with Gasteiger partial charge >= 0.3 is 6.51 Å². The maximum absolute atomic E-state index is 12.3. The average molecular weight is 680 g/mol. The maximum atomic E-state index is 12.3. The van der Waals surface area contributed by atoms with Crippen LogP contribution in [0.3, 0.4) is 0 Å². The molecule has 44 heavy (non-hydrogen) atoms. The molecule has 0 saturated carbocycles. The monoisotopic (exact) mass is 678 g/mol. The Morgan fingerprint density at radius 3 is 1.77 bits per heavy atom. The summed E-state index contributed by atoms with van der Waals surface area (Å²) in [6.07, 6.45) is 3.16. The molecular formula is C32H34Cl3FN4O3P+. The summed E-state index contributed by atoms with van der Waals surface area (Å²) in [5.74, 6) is 0.755. The number of benzene rings is 2. The number of Topliss-reactive ketones (excluding diaryl/α,β-unsaturated/α-hetero) is 1. The van der Waals surface area contributed by atoms with Gasteiger partial charge in [-0.25, -0.2) is 0 Å². The van der Waals surface area contributed by atoms with E-state index in [0.717, 1.165) is 64.2 Å². The van der Waals surface area contributed by atoms with Crippen LogP contribution < -0.4 is 0 Å². The van der Waals surface area contributed by atoms with E-state index >= 15 is 0 Å². The zero-order valence-corrected chi connectivity index (χ0v) is 28.0. The average Bonchev–Trinajstić information content (AvgIpc) is 3.50. The van der Waals surface area contributed by atoms with Crippen LogP contribution in [0.25, 0.3) is 27.5 Å². The lowest BCUT2D eigenvalue weighted by Crippen LogP contribution is -2.17. The van der Waals surface area contributed by atoms with Gasteiger partial charge in [0.1, 0.15) is 6.29 Å². The molecule has 0 unspecified atom stereocenters. The van der Waals surface area contributed by atoms with Crippen molar-refractivity contribution in [1.29, 1.82) is 0 Å². The van der Waals surface area contributed by atoms with Crippen molar-refractivity contribution in [3.05, 3.63) is 88.8 Å². The van der Waals surface area contributed by atoms with Gasteiger partial charge in [0.05, 0.1) is 41.9 Å². The molecular weight excluding hydrogens is 645 g/mol. The minimum Gasteiger partial charge on any atom is -0.298 e. The van der Waals surface area contributed by atoms with Crippen molar-refractivity contribution >= 4 is 57.7 Å². The van der Waals surface area contributed by atoms with Crippen LogP contribution in [-0.2, 0) is 36.3 Å². The van der Waals surface area contributed by atoms with E-state index in [4.69, 9.17) is 17.5 Å². The first-order valence-corrected chi connectivity index (χ1v) is 17.1. The molecule has 2 aromatic heterocycles. The molecule has 0 amide bonds. The highest BCUT2D eigenvalue weighted by Crippen LogP contribution is 2.41. The van der Waals surface area contributed by atoms with Crippen molar-refractivity contribution in [2.75, 3.05) is 7.15 Å². The van der Waals surface area contributed by atoms with Gasteiger partial charge in [-0.2, -0.15) is 10.2 Å². The number of carbonyl (C=O) groups is 2. The molecule has 12 heteroatoms. The van der Waals surface area contributed by atoms with E-state index in [9.17, 15) is 14.0 Å². The normalized spacial score (nSPS) is 16.9. The fourth-order valence-electron chi connectivity index (χ4n) is 5.57. The highest BCUT2D eigenvalue weighted by Gasteiger charge is 2.31. The van der Waals surface area contributed by atoms with Gasteiger partial charge in [0, 0.05) is 42.8 Å². The van der Waals surface area contributed by atoms with Gasteiger partial charge in [-0.15, -0.1) is 0 Å². The maximum Gasteiger partial charge on any atom is 0.575 e. The highest BCUT2D eigenvalue weighted by molar-refractivity contribution is 7.95. The SMILES string of the molecule is C[C@@H]1Cc2nn(C)c(-c3ccccc3)c2C(Cl)=C1C=O.C[C@H]1CC(=O)c2c(nn(C)c2-c2ccccc2)C1.O=[P+](Cl)Cl.[2H]CF. The summed E-state index contributed by atoms with van der Waals surface area (Å²) in [6.45, 7) is 2.19. The van der Waals surface area contributed by atoms with Crippen LogP contribution in [0.1, 0.15) is 48.9 Å². The van der Waals surface area contributed by atoms with Crippen LogP contribution >= 0.6 is 40.6 Å². The van der Waals surface area contributed by atoms with Gasteiger partial charge in [-0.3, -0.25) is 23.3 Å². The van der Waals surface area contributed by atoms with Crippen molar-refractivity contribution in [3.63, 3.8) is 0 Å².